The van der Waals surface area contributed by atoms with Gasteiger partial charge in [-0.25, -0.2) is 13.8 Å². The number of hydrogen-bond acceptors (Lipinski definition) is 3. The molecule has 21 heavy (non-hydrogen) atoms. The Kier molecular flexibility index (Phi) is 3.60. The van der Waals surface area contributed by atoms with E-state index >= 15 is 0 Å². The third kappa shape index (κ3) is 2.50. The number of benzene rings is 1. The molecule has 1 saturated carbocycles. The third-order valence-corrected chi connectivity index (χ3v) is 4.13. The predicted molar refractivity (Wildman–Crippen MR) is 86.8 cm³/mol. The summed E-state index contributed by atoms with van der Waals surface area (Å²) in [7, 11) is 1.66. The molecule has 1 N–H and O–H groups in total. The van der Waals surface area contributed by atoms with Gasteiger partial charge in [0.05, 0.1) is 5.69 Å². The van der Waals surface area contributed by atoms with Crippen molar-refractivity contribution in [3.8, 4) is 5.69 Å². The van der Waals surface area contributed by atoms with E-state index in [4.69, 9.17) is 0 Å². The number of aromatic nitrogens is 2. The van der Waals surface area contributed by atoms with Crippen LogP contribution in [-0.2, 0) is 0 Å². The summed E-state index contributed by atoms with van der Waals surface area (Å²) in [6, 6.07) is 5.83. The van der Waals surface area contributed by atoms with Gasteiger partial charge in [0.1, 0.15) is 11.6 Å². The fourth-order valence-corrected chi connectivity index (χ4v) is 2.77. The zero-order valence-corrected chi connectivity index (χ0v) is 13.4. The molecule has 110 valence electrons. The van der Waals surface area contributed by atoms with Gasteiger partial charge in [-0.3, -0.25) is 9.36 Å². The lowest BCUT2D eigenvalue weighted by atomic mass is 10.3. The van der Waals surface area contributed by atoms with Crippen LogP contribution in [0.25, 0.3) is 5.69 Å². The van der Waals surface area contributed by atoms with E-state index in [-0.39, 0.29) is 11.7 Å². The van der Waals surface area contributed by atoms with Crippen LogP contribution >= 0.6 is 22.6 Å². The smallest absolute Gasteiger partial charge is 0.337 e. The highest BCUT2D eigenvalue weighted by Crippen LogP contribution is 2.35. The van der Waals surface area contributed by atoms with Crippen molar-refractivity contribution in [2.45, 2.75) is 18.9 Å². The number of anilines is 1. The van der Waals surface area contributed by atoms with Gasteiger partial charge in [-0.15, -0.1) is 0 Å². The van der Waals surface area contributed by atoms with Crippen molar-refractivity contribution in [1.82, 2.24) is 9.13 Å². The molecule has 1 aromatic heterocycles. The van der Waals surface area contributed by atoms with Crippen LogP contribution in [0, 0.1) is 9.39 Å². The summed E-state index contributed by atoms with van der Waals surface area (Å²) in [5.74, 6) is -0.115. The molecule has 2 aromatic rings. The molecule has 0 unspecified atom stereocenters. The molecule has 1 aliphatic carbocycles. The Morgan fingerprint density at radius 2 is 2.00 bits per heavy atom. The molecule has 1 fully saturated rings. The minimum absolute atomic E-state index is 0.0116. The van der Waals surface area contributed by atoms with E-state index in [0.717, 1.165) is 17.4 Å². The maximum atomic E-state index is 14.1. The molecule has 0 amide bonds. The first-order valence-electron chi connectivity index (χ1n) is 6.54. The normalized spacial score (nSPS) is 14.2. The molecule has 1 aliphatic rings. The minimum atomic E-state index is -0.583. The Balaban J connectivity index is 2.30. The van der Waals surface area contributed by atoms with Gasteiger partial charge in [0, 0.05) is 22.7 Å². The molecule has 1 aromatic carbocycles. The molecule has 0 radical (unpaired) electrons. The number of rotatable bonds is 3. The Morgan fingerprint density at radius 3 is 2.57 bits per heavy atom. The quantitative estimate of drug-likeness (QED) is 0.802. The third-order valence-electron chi connectivity index (χ3n) is 3.46. The van der Waals surface area contributed by atoms with Crippen molar-refractivity contribution in [2.24, 2.45) is 0 Å². The lowest BCUT2D eigenvalue weighted by molar-refractivity contribution is 0.596. The zero-order valence-electron chi connectivity index (χ0n) is 11.3. The fourth-order valence-electron chi connectivity index (χ4n) is 2.32. The molecule has 0 bridgehead atoms. The summed E-state index contributed by atoms with van der Waals surface area (Å²) < 4.78 is 17.2. The molecular formula is C14H13FIN3O2. The molecular weight excluding hydrogens is 388 g/mol. The van der Waals surface area contributed by atoms with E-state index in [1.54, 1.807) is 13.1 Å². The Bertz CT molecular complexity index is 824. The number of nitrogens with one attached hydrogen (secondary N) is 1. The van der Waals surface area contributed by atoms with E-state index in [0.29, 0.717) is 9.39 Å². The largest absolute Gasteiger partial charge is 0.374 e. The van der Waals surface area contributed by atoms with Crippen molar-refractivity contribution >= 4 is 28.4 Å². The van der Waals surface area contributed by atoms with Gasteiger partial charge in [0.2, 0.25) is 0 Å². The van der Waals surface area contributed by atoms with Crippen LogP contribution in [0.3, 0.4) is 0 Å². The molecule has 5 nitrogen and oxygen atoms in total. The molecule has 3 rings (SSSR count). The first-order valence-corrected chi connectivity index (χ1v) is 7.62. The number of nitrogens with zero attached hydrogens (tertiary/aromatic N) is 2. The SMILES string of the molecule is CNc1cc(=O)n(-c2ccc(I)cc2F)c(=O)n1C1CC1. The first kappa shape index (κ1) is 14.3. The van der Waals surface area contributed by atoms with Crippen LogP contribution in [0.2, 0.25) is 0 Å². The molecule has 0 aliphatic heterocycles. The second-order valence-corrected chi connectivity index (χ2v) is 6.18. The average molecular weight is 401 g/mol. The number of hydrogen-bond donors (Lipinski definition) is 1. The fraction of sp³-hybridized carbons (Fsp3) is 0.286. The average Bonchev–Trinajstić information content (AvgIpc) is 3.24. The van der Waals surface area contributed by atoms with Crippen molar-refractivity contribution < 1.29 is 4.39 Å². The van der Waals surface area contributed by atoms with Gasteiger partial charge in [-0.05, 0) is 53.6 Å². The lowest BCUT2D eigenvalue weighted by Crippen LogP contribution is -2.39. The van der Waals surface area contributed by atoms with Crippen LogP contribution in [0.15, 0.2) is 33.9 Å². The van der Waals surface area contributed by atoms with E-state index in [2.05, 4.69) is 5.32 Å². The van der Waals surface area contributed by atoms with E-state index < -0.39 is 17.1 Å². The summed E-state index contributed by atoms with van der Waals surface area (Å²) in [5.41, 5.74) is -1.06. The van der Waals surface area contributed by atoms with Gasteiger partial charge in [-0.2, -0.15) is 0 Å². The number of halogens is 2. The Hall–Kier alpha value is -1.64. The standard InChI is InChI=1S/C14H13FIN3O2/c1-17-12-7-13(20)19(14(21)18(12)9-3-4-9)11-5-2-8(16)6-10(11)15/h2,5-7,9,17H,3-4H2,1H3. The van der Waals surface area contributed by atoms with E-state index in [9.17, 15) is 14.0 Å². The van der Waals surface area contributed by atoms with E-state index in [1.165, 1.54) is 22.8 Å². The molecule has 0 spiro atoms. The second kappa shape index (κ2) is 5.28. The maximum Gasteiger partial charge on any atom is 0.337 e. The monoisotopic (exact) mass is 401 g/mol. The summed E-state index contributed by atoms with van der Waals surface area (Å²) in [6.07, 6.45) is 1.78. The van der Waals surface area contributed by atoms with Crippen LogP contribution in [0.4, 0.5) is 10.2 Å². The Labute approximate surface area is 133 Å². The maximum absolute atomic E-state index is 14.1. The zero-order chi connectivity index (χ0) is 15.1. The van der Waals surface area contributed by atoms with Crippen molar-refractivity contribution in [3.05, 3.63) is 54.5 Å². The topological polar surface area (TPSA) is 56.0 Å². The summed E-state index contributed by atoms with van der Waals surface area (Å²) >= 11 is 1.98. The summed E-state index contributed by atoms with van der Waals surface area (Å²) in [6.45, 7) is 0. The van der Waals surface area contributed by atoms with Crippen LogP contribution in [0.5, 0.6) is 0 Å². The van der Waals surface area contributed by atoms with Crippen LogP contribution in [0.1, 0.15) is 18.9 Å². The molecule has 1 heterocycles. The Morgan fingerprint density at radius 1 is 1.29 bits per heavy atom. The van der Waals surface area contributed by atoms with E-state index in [1.807, 2.05) is 22.6 Å². The highest BCUT2D eigenvalue weighted by molar-refractivity contribution is 14.1. The van der Waals surface area contributed by atoms with Gasteiger partial charge < -0.3 is 5.32 Å². The second-order valence-electron chi connectivity index (χ2n) is 4.93. The molecule has 7 heteroatoms. The minimum Gasteiger partial charge on any atom is -0.374 e. The summed E-state index contributed by atoms with van der Waals surface area (Å²) in [5, 5.41) is 2.86. The molecule has 0 saturated heterocycles. The summed E-state index contributed by atoms with van der Waals surface area (Å²) in [4.78, 5) is 24.8. The van der Waals surface area contributed by atoms with Crippen molar-refractivity contribution in [1.29, 1.82) is 0 Å². The van der Waals surface area contributed by atoms with Gasteiger partial charge in [-0.1, -0.05) is 0 Å². The van der Waals surface area contributed by atoms with Gasteiger partial charge >= 0.3 is 5.69 Å². The highest BCUT2D eigenvalue weighted by Gasteiger charge is 2.28. The molecule has 0 atom stereocenters. The van der Waals surface area contributed by atoms with Gasteiger partial charge in [0.25, 0.3) is 5.56 Å². The van der Waals surface area contributed by atoms with Crippen molar-refractivity contribution in [3.63, 3.8) is 0 Å². The van der Waals surface area contributed by atoms with Crippen LogP contribution < -0.4 is 16.6 Å². The lowest BCUT2D eigenvalue weighted by Gasteiger charge is -2.14. The van der Waals surface area contributed by atoms with Gasteiger partial charge in [0.15, 0.2) is 0 Å². The van der Waals surface area contributed by atoms with Crippen molar-refractivity contribution in [2.75, 3.05) is 12.4 Å². The highest BCUT2D eigenvalue weighted by atomic mass is 127. The predicted octanol–water partition coefficient (Wildman–Crippen LogP) is 2.12. The van der Waals surface area contributed by atoms with Crippen LogP contribution in [-0.4, -0.2) is 16.2 Å². The first-order chi connectivity index (χ1) is 10.0.